The standard InChI is InChI=1S/C16H21NO2/c1-11-9-19-10-12(2)17(11)16(18)15-8-14(15)13-6-4-3-5-7-13/h3-7,11-12,14-15H,8-10H2,1-2H3/t11-,12+,14-,15+/m1/s1. The van der Waals surface area contributed by atoms with Gasteiger partial charge in [0.15, 0.2) is 0 Å². The lowest BCUT2D eigenvalue weighted by Crippen LogP contribution is -2.53. The van der Waals surface area contributed by atoms with Crippen LogP contribution in [-0.4, -0.2) is 36.1 Å². The predicted octanol–water partition coefficient (Wildman–Crippen LogP) is 2.43. The third-order valence-electron chi connectivity index (χ3n) is 4.26. The summed E-state index contributed by atoms with van der Waals surface area (Å²) < 4.78 is 5.49. The van der Waals surface area contributed by atoms with Crippen LogP contribution in [0, 0.1) is 5.92 Å². The number of ether oxygens (including phenoxy) is 1. The van der Waals surface area contributed by atoms with E-state index in [1.165, 1.54) is 5.56 Å². The van der Waals surface area contributed by atoms with Crippen LogP contribution < -0.4 is 0 Å². The van der Waals surface area contributed by atoms with Crippen LogP contribution in [0.3, 0.4) is 0 Å². The fraction of sp³-hybridized carbons (Fsp3) is 0.562. The molecule has 3 nitrogen and oxygen atoms in total. The van der Waals surface area contributed by atoms with Gasteiger partial charge in [-0.05, 0) is 31.7 Å². The summed E-state index contributed by atoms with van der Waals surface area (Å²) in [7, 11) is 0. The Bertz CT molecular complexity index is 449. The fourth-order valence-corrected chi connectivity index (χ4v) is 3.17. The van der Waals surface area contributed by atoms with E-state index >= 15 is 0 Å². The summed E-state index contributed by atoms with van der Waals surface area (Å²) in [4.78, 5) is 14.7. The summed E-state index contributed by atoms with van der Waals surface area (Å²) in [6, 6.07) is 10.8. The third kappa shape index (κ3) is 2.39. The molecule has 0 bridgehead atoms. The number of morpholine rings is 1. The molecule has 19 heavy (non-hydrogen) atoms. The normalized spacial score (nSPS) is 34.1. The maximum atomic E-state index is 12.6. The van der Waals surface area contributed by atoms with E-state index in [2.05, 4.69) is 38.1 Å². The lowest BCUT2D eigenvalue weighted by molar-refractivity contribution is -0.145. The smallest absolute Gasteiger partial charge is 0.226 e. The quantitative estimate of drug-likeness (QED) is 0.816. The number of benzene rings is 1. The molecule has 3 heteroatoms. The molecule has 1 aliphatic carbocycles. The Kier molecular flexibility index (Phi) is 3.31. The highest BCUT2D eigenvalue weighted by Gasteiger charge is 2.47. The first-order valence-electron chi connectivity index (χ1n) is 7.13. The molecule has 0 aromatic heterocycles. The van der Waals surface area contributed by atoms with Gasteiger partial charge < -0.3 is 9.64 Å². The lowest BCUT2D eigenvalue weighted by atomic mass is 10.1. The average molecular weight is 259 g/mol. The minimum atomic E-state index is 0.186. The van der Waals surface area contributed by atoms with Crippen LogP contribution in [0.5, 0.6) is 0 Å². The van der Waals surface area contributed by atoms with E-state index in [9.17, 15) is 4.79 Å². The molecule has 2 fully saturated rings. The molecule has 0 radical (unpaired) electrons. The van der Waals surface area contributed by atoms with Crippen molar-refractivity contribution in [2.45, 2.75) is 38.3 Å². The van der Waals surface area contributed by atoms with E-state index in [1.807, 2.05) is 11.0 Å². The van der Waals surface area contributed by atoms with Gasteiger partial charge in [-0.2, -0.15) is 0 Å². The van der Waals surface area contributed by atoms with Gasteiger partial charge in [-0.1, -0.05) is 30.3 Å². The van der Waals surface area contributed by atoms with Crippen LogP contribution >= 0.6 is 0 Å². The molecular formula is C16H21NO2. The van der Waals surface area contributed by atoms with Crippen molar-refractivity contribution in [1.29, 1.82) is 0 Å². The first-order chi connectivity index (χ1) is 9.18. The molecule has 1 saturated heterocycles. The van der Waals surface area contributed by atoms with Crippen molar-refractivity contribution >= 4 is 5.91 Å². The Morgan fingerprint density at radius 1 is 1.16 bits per heavy atom. The van der Waals surface area contributed by atoms with E-state index in [0.29, 0.717) is 25.0 Å². The van der Waals surface area contributed by atoms with Crippen molar-refractivity contribution in [1.82, 2.24) is 4.90 Å². The first-order valence-corrected chi connectivity index (χ1v) is 7.13. The molecule has 4 atom stereocenters. The molecule has 1 heterocycles. The third-order valence-corrected chi connectivity index (χ3v) is 4.26. The molecule has 1 aliphatic heterocycles. The van der Waals surface area contributed by atoms with Gasteiger partial charge in [0.2, 0.25) is 5.91 Å². The van der Waals surface area contributed by atoms with Gasteiger partial charge in [0, 0.05) is 5.92 Å². The number of nitrogens with zero attached hydrogens (tertiary/aromatic N) is 1. The monoisotopic (exact) mass is 259 g/mol. The minimum absolute atomic E-state index is 0.186. The van der Waals surface area contributed by atoms with Crippen LogP contribution in [0.4, 0.5) is 0 Å². The van der Waals surface area contributed by atoms with E-state index in [-0.39, 0.29) is 18.0 Å². The SMILES string of the molecule is C[C@@H]1COC[C@H](C)N1C(=O)[C@H]1C[C@@H]1c1ccccc1. The molecule has 1 amide bonds. The summed E-state index contributed by atoms with van der Waals surface area (Å²) in [5, 5.41) is 0. The summed E-state index contributed by atoms with van der Waals surface area (Å²) in [5.41, 5.74) is 1.30. The van der Waals surface area contributed by atoms with Gasteiger partial charge >= 0.3 is 0 Å². The molecule has 3 rings (SSSR count). The van der Waals surface area contributed by atoms with E-state index < -0.39 is 0 Å². The van der Waals surface area contributed by atoms with Crippen molar-refractivity contribution in [2.24, 2.45) is 5.92 Å². The molecule has 102 valence electrons. The zero-order valence-electron chi connectivity index (χ0n) is 11.6. The second-order valence-electron chi connectivity index (χ2n) is 5.84. The van der Waals surface area contributed by atoms with Crippen LogP contribution in [-0.2, 0) is 9.53 Å². The molecule has 1 aromatic rings. The second-order valence-corrected chi connectivity index (χ2v) is 5.84. The molecule has 0 N–H and O–H groups in total. The van der Waals surface area contributed by atoms with Crippen molar-refractivity contribution in [3.8, 4) is 0 Å². The number of carbonyl (C=O) groups is 1. The Hall–Kier alpha value is -1.35. The van der Waals surface area contributed by atoms with Gasteiger partial charge in [-0.3, -0.25) is 4.79 Å². The molecule has 1 aromatic carbocycles. The van der Waals surface area contributed by atoms with E-state index in [0.717, 1.165) is 6.42 Å². The Morgan fingerprint density at radius 3 is 2.42 bits per heavy atom. The Morgan fingerprint density at radius 2 is 1.79 bits per heavy atom. The summed E-state index contributed by atoms with van der Waals surface area (Å²) in [5.74, 6) is 0.929. The predicted molar refractivity (Wildman–Crippen MR) is 73.9 cm³/mol. The summed E-state index contributed by atoms with van der Waals surface area (Å²) in [6.07, 6.45) is 1.000. The fourth-order valence-electron chi connectivity index (χ4n) is 3.17. The number of hydrogen-bond donors (Lipinski definition) is 0. The largest absolute Gasteiger partial charge is 0.377 e. The molecule has 0 spiro atoms. The van der Waals surface area contributed by atoms with Crippen molar-refractivity contribution in [3.05, 3.63) is 35.9 Å². The molecule has 0 unspecified atom stereocenters. The van der Waals surface area contributed by atoms with Crippen molar-refractivity contribution < 1.29 is 9.53 Å². The van der Waals surface area contributed by atoms with Gasteiger partial charge in [0.1, 0.15) is 0 Å². The van der Waals surface area contributed by atoms with E-state index in [4.69, 9.17) is 4.74 Å². The average Bonchev–Trinajstić information content (AvgIpc) is 3.19. The minimum Gasteiger partial charge on any atom is -0.377 e. The van der Waals surface area contributed by atoms with Gasteiger partial charge in [-0.15, -0.1) is 0 Å². The van der Waals surface area contributed by atoms with Crippen LogP contribution in [0.15, 0.2) is 30.3 Å². The highest BCUT2D eigenvalue weighted by Crippen LogP contribution is 2.48. The Labute approximate surface area is 114 Å². The number of hydrogen-bond acceptors (Lipinski definition) is 2. The first kappa shape index (κ1) is 12.7. The molecule has 2 aliphatic rings. The zero-order chi connectivity index (χ0) is 13.4. The maximum absolute atomic E-state index is 12.6. The number of carbonyl (C=O) groups excluding carboxylic acids is 1. The highest BCUT2D eigenvalue weighted by atomic mass is 16.5. The molecular weight excluding hydrogens is 238 g/mol. The van der Waals surface area contributed by atoms with Crippen LogP contribution in [0.2, 0.25) is 0 Å². The Balaban J connectivity index is 1.69. The topological polar surface area (TPSA) is 29.5 Å². The van der Waals surface area contributed by atoms with Crippen LogP contribution in [0.1, 0.15) is 31.7 Å². The molecule has 1 saturated carbocycles. The van der Waals surface area contributed by atoms with Gasteiger partial charge in [-0.25, -0.2) is 0 Å². The maximum Gasteiger partial charge on any atom is 0.226 e. The highest BCUT2D eigenvalue weighted by molar-refractivity contribution is 5.83. The van der Waals surface area contributed by atoms with Crippen molar-refractivity contribution in [3.63, 3.8) is 0 Å². The van der Waals surface area contributed by atoms with Crippen LogP contribution in [0.25, 0.3) is 0 Å². The van der Waals surface area contributed by atoms with Crippen molar-refractivity contribution in [2.75, 3.05) is 13.2 Å². The lowest BCUT2D eigenvalue weighted by Gasteiger charge is -2.39. The zero-order valence-corrected chi connectivity index (χ0v) is 11.6. The summed E-state index contributed by atoms with van der Waals surface area (Å²) in [6.45, 7) is 5.48. The second kappa shape index (κ2) is 4.97. The van der Waals surface area contributed by atoms with E-state index in [1.54, 1.807) is 0 Å². The van der Waals surface area contributed by atoms with Gasteiger partial charge in [0.05, 0.1) is 25.3 Å². The number of rotatable bonds is 2. The van der Waals surface area contributed by atoms with Gasteiger partial charge in [0.25, 0.3) is 0 Å². The number of amides is 1. The summed E-state index contributed by atoms with van der Waals surface area (Å²) >= 11 is 0.